The molecule has 0 aromatic carbocycles. The molecule has 3 amide bonds. The Labute approximate surface area is 110 Å². The molecule has 19 heavy (non-hydrogen) atoms. The van der Waals surface area contributed by atoms with E-state index in [4.69, 9.17) is 9.84 Å². The van der Waals surface area contributed by atoms with E-state index in [1.165, 1.54) is 4.90 Å². The number of carboxylic acids is 1. The molecule has 2 aliphatic heterocycles. The quantitative estimate of drug-likeness (QED) is 0.582. The fraction of sp³-hybridized carbons (Fsp3) is 0.727. The number of morpholine rings is 1. The maximum absolute atomic E-state index is 12.0. The van der Waals surface area contributed by atoms with E-state index >= 15 is 0 Å². The van der Waals surface area contributed by atoms with E-state index < -0.39 is 12.1 Å². The third-order valence-electron chi connectivity index (χ3n) is 3.22. The van der Waals surface area contributed by atoms with Gasteiger partial charge in [-0.1, -0.05) is 0 Å². The van der Waals surface area contributed by atoms with Crippen LogP contribution in [0.5, 0.6) is 0 Å². The molecule has 2 atom stereocenters. The average Bonchev–Trinajstić information content (AvgIpc) is 2.41. The van der Waals surface area contributed by atoms with Crippen molar-refractivity contribution in [3.05, 3.63) is 0 Å². The summed E-state index contributed by atoms with van der Waals surface area (Å²) >= 11 is 0. The van der Waals surface area contributed by atoms with Crippen LogP contribution in [0.4, 0.5) is 4.79 Å². The van der Waals surface area contributed by atoms with E-state index in [0.29, 0.717) is 25.9 Å². The van der Waals surface area contributed by atoms with Gasteiger partial charge in [0.05, 0.1) is 13.2 Å². The van der Waals surface area contributed by atoms with E-state index in [1.54, 1.807) is 0 Å². The highest BCUT2D eigenvalue weighted by Gasteiger charge is 2.30. The van der Waals surface area contributed by atoms with Crippen molar-refractivity contribution in [2.45, 2.75) is 25.0 Å². The first-order valence-electron chi connectivity index (χ1n) is 6.23. The van der Waals surface area contributed by atoms with Gasteiger partial charge in [-0.05, 0) is 6.42 Å². The van der Waals surface area contributed by atoms with Gasteiger partial charge in [0.2, 0.25) is 5.91 Å². The minimum absolute atomic E-state index is 0.0113. The minimum Gasteiger partial charge on any atom is -0.479 e. The molecule has 8 nitrogen and oxygen atoms in total. The normalized spacial score (nSPS) is 27.6. The van der Waals surface area contributed by atoms with Crippen molar-refractivity contribution in [1.82, 2.24) is 15.5 Å². The van der Waals surface area contributed by atoms with Crippen LogP contribution in [0.3, 0.4) is 0 Å². The van der Waals surface area contributed by atoms with Crippen molar-refractivity contribution in [3.63, 3.8) is 0 Å². The van der Waals surface area contributed by atoms with Crippen molar-refractivity contribution < 1.29 is 24.2 Å². The van der Waals surface area contributed by atoms with Crippen molar-refractivity contribution in [1.29, 1.82) is 0 Å². The molecule has 2 heterocycles. The Morgan fingerprint density at radius 1 is 1.47 bits per heavy atom. The largest absolute Gasteiger partial charge is 0.479 e. The summed E-state index contributed by atoms with van der Waals surface area (Å²) in [5, 5.41) is 14.3. The fourth-order valence-electron chi connectivity index (χ4n) is 2.11. The Hall–Kier alpha value is -1.83. The molecule has 8 heteroatoms. The highest BCUT2D eigenvalue weighted by atomic mass is 16.5. The number of hydrogen-bond donors (Lipinski definition) is 3. The molecule has 0 aromatic heterocycles. The predicted molar refractivity (Wildman–Crippen MR) is 63.5 cm³/mol. The second-order valence-electron chi connectivity index (χ2n) is 4.63. The zero-order chi connectivity index (χ0) is 13.8. The van der Waals surface area contributed by atoms with Gasteiger partial charge in [0.1, 0.15) is 0 Å². The van der Waals surface area contributed by atoms with Crippen LogP contribution in [-0.2, 0) is 14.3 Å². The van der Waals surface area contributed by atoms with Crippen LogP contribution < -0.4 is 10.6 Å². The first-order chi connectivity index (χ1) is 9.06. The van der Waals surface area contributed by atoms with Gasteiger partial charge in [0.25, 0.3) is 0 Å². The number of amides is 3. The number of nitrogens with one attached hydrogen (secondary N) is 2. The van der Waals surface area contributed by atoms with Crippen molar-refractivity contribution in [2.75, 3.05) is 26.2 Å². The summed E-state index contributed by atoms with van der Waals surface area (Å²) in [4.78, 5) is 35.2. The Bertz CT molecular complexity index is 377. The number of ether oxygens (including phenoxy) is 1. The molecule has 2 fully saturated rings. The Morgan fingerprint density at radius 2 is 2.26 bits per heavy atom. The van der Waals surface area contributed by atoms with Gasteiger partial charge >= 0.3 is 12.0 Å². The lowest BCUT2D eigenvalue weighted by atomic mass is 10.1. The van der Waals surface area contributed by atoms with Gasteiger partial charge in [-0.15, -0.1) is 0 Å². The molecular formula is C11H17N3O5. The first-order valence-corrected chi connectivity index (χ1v) is 6.23. The van der Waals surface area contributed by atoms with Crippen LogP contribution in [0, 0.1) is 0 Å². The molecule has 106 valence electrons. The lowest BCUT2D eigenvalue weighted by molar-refractivity contribution is -0.154. The monoisotopic (exact) mass is 271 g/mol. The molecule has 2 aliphatic rings. The lowest BCUT2D eigenvalue weighted by Gasteiger charge is -2.33. The van der Waals surface area contributed by atoms with Gasteiger partial charge in [0.15, 0.2) is 6.10 Å². The maximum Gasteiger partial charge on any atom is 0.334 e. The first kappa shape index (κ1) is 13.6. The van der Waals surface area contributed by atoms with Crippen LogP contribution in [0.2, 0.25) is 0 Å². The summed E-state index contributed by atoms with van der Waals surface area (Å²) in [6.07, 6.45) is 0.0290. The maximum atomic E-state index is 12.0. The molecule has 3 N–H and O–H groups in total. The van der Waals surface area contributed by atoms with Crippen LogP contribution in [0.25, 0.3) is 0 Å². The second-order valence-corrected chi connectivity index (χ2v) is 4.63. The number of nitrogens with zero attached hydrogens (tertiary/aromatic N) is 1. The molecular weight excluding hydrogens is 254 g/mol. The predicted octanol–water partition coefficient (Wildman–Crippen LogP) is -1.24. The molecule has 0 radical (unpaired) electrons. The number of carbonyl (C=O) groups excluding carboxylic acids is 2. The summed E-state index contributed by atoms with van der Waals surface area (Å²) < 4.78 is 5.05. The van der Waals surface area contributed by atoms with Crippen LogP contribution in [0.1, 0.15) is 12.8 Å². The van der Waals surface area contributed by atoms with Crippen molar-refractivity contribution in [3.8, 4) is 0 Å². The van der Waals surface area contributed by atoms with Crippen LogP contribution in [0.15, 0.2) is 0 Å². The number of rotatable bonds is 2. The van der Waals surface area contributed by atoms with E-state index in [-0.39, 0.29) is 31.1 Å². The Kier molecular flexibility index (Phi) is 4.20. The molecule has 2 rings (SSSR count). The third-order valence-corrected chi connectivity index (χ3v) is 3.22. The molecule has 0 aliphatic carbocycles. The van der Waals surface area contributed by atoms with Crippen LogP contribution in [-0.4, -0.2) is 66.3 Å². The number of carbonyl (C=O) groups is 3. The molecule has 0 aromatic rings. The summed E-state index contributed by atoms with van der Waals surface area (Å²) in [6.45, 7) is 1.04. The molecule has 2 saturated heterocycles. The third kappa shape index (κ3) is 3.57. The summed E-state index contributed by atoms with van der Waals surface area (Å²) in [5.41, 5.74) is 0. The highest BCUT2D eigenvalue weighted by Crippen LogP contribution is 2.08. The number of carboxylic acid groups (broad SMARTS) is 1. The van der Waals surface area contributed by atoms with Gasteiger partial charge in [-0.25, -0.2) is 9.59 Å². The van der Waals surface area contributed by atoms with E-state index in [1.807, 2.05) is 0 Å². The van der Waals surface area contributed by atoms with Gasteiger partial charge in [-0.3, -0.25) is 4.79 Å². The molecule has 2 unspecified atom stereocenters. The number of urea groups is 1. The Balaban J connectivity index is 1.82. The summed E-state index contributed by atoms with van der Waals surface area (Å²) in [7, 11) is 0. The Morgan fingerprint density at radius 3 is 2.89 bits per heavy atom. The average molecular weight is 271 g/mol. The minimum atomic E-state index is -1.07. The molecule has 0 bridgehead atoms. The topological polar surface area (TPSA) is 108 Å². The van der Waals surface area contributed by atoms with E-state index in [2.05, 4.69) is 10.6 Å². The number of piperidine rings is 1. The molecule has 0 spiro atoms. The van der Waals surface area contributed by atoms with Gasteiger partial charge in [-0.2, -0.15) is 0 Å². The van der Waals surface area contributed by atoms with Crippen molar-refractivity contribution >= 4 is 17.9 Å². The summed E-state index contributed by atoms with van der Waals surface area (Å²) in [6, 6.07) is -0.410. The second kappa shape index (κ2) is 5.87. The zero-order valence-electron chi connectivity index (χ0n) is 10.4. The van der Waals surface area contributed by atoms with E-state index in [9.17, 15) is 14.4 Å². The van der Waals surface area contributed by atoms with Gasteiger partial charge < -0.3 is 25.4 Å². The standard InChI is InChI=1S/C11H17N3O5/c15-9-2-1-7(5-12-9)13-11(18)14-3-4-19-8(6-14)10(16)17/h7-8H,1-6H2,(H,12,15)(H,13,18)(H,16,17). The zero-order valence-corrected chi connectivity index (χ0v) is 10.4. The van der Waals surface area contributed by atoms with E-state index in [0.717, 1.165) is 0 Å². The number of hydrogen-bond acceptors (Lipinski definition) is 4. The fourth-order valence-corrected chi connectivity index (χ4v) is 2.11. The molecule has 0 saturated carbocycles. The smallest absolute Gasteiger partial charge is 0.334 e. The number of aliphatic carboxylic acids is 1. The van der Waals surface area contributed by atoms with Crippen molar-refractivity contribution in [2.24, 2.45) is 0 Å². The lowest BCUT2D eigenvalue weighted by Crippen LogP contribution is -2.56. The van der Waals surface area contributed by atoms with Gasteiger partial charge in [0, 0.05) is 25.6 Å². The highest BCUT2D eigenvalue weighted by molar-refractivity contribution is 5.79. The SMILES string of the molecule is O=C1CCC(NC(=O)N2CCOC(C(=O)O)C2)CN1. The van der Waals surface area contributed by atoms with Crippen LogP contribution >= 0.6 is 0 Å². The summed E-state index contributed by atoms with van der Waals surface area (Å²) in [5.74, 6) is -1.08.